The average molecular weight is 475 g/mol. The van der Waals surface area contributed by atoms with Gasteiger partial charge < -0.3 is 29.9 Å². The van der Waals surface area contributed by atoms with Gasteiger partial charge in [-0.05, 0) is 80.8 Å². The number of esters is 1. The maximum Gasteiger partial charge on any atom is 0.361 e. The molecule has 0 radical (unpaired) electrons. The summed E-state index contributed by atoms with van der Waals surface area (Å²) in [4.78, 5) is 36.0. The second-order valence-electron chi connectivity index (χ2n) is 11.4. The Morgan fingerprint density at radius 2 is 1.91 bits per heavy atom. The van der Waals surface area contributed by atoms with Crippen molar-refractivity contribution in [3.8, 4) is 0 Å². The Labute approximate surface area is 198 Å². The summed E-state index contributed by atoms with van der Waals surface area (Å²) in [6.45, 7) is 2.17. The Kier molecular flexibility index (Phi) is 5.58. The van der Waals surface area contributed by atoms with Crippen LogP contribution in [0.3, 0.4) is 0 Å². The summed E-state index contributed by atoms with van der Waals surface area (Å²) in [5.74, 6) is -0.555. The second-order valence-corrected chi connectivity index (χ2v) is 11.4. The lowest BCUT2D eigenvalue weighted by atomic mass is 9.41. The Morgan fingerprint density at radius 3 is 2.59 bits per heavy atom. The van der Waals surface area contributed by atoms with Gasteiger partial charge >= 0.3 is 11.6 Å². The smallest absolute Gasteiger partial charge is 0.361 e. The monoisotopic (exact) mass is 474 g/mol. The Bertz CT molecular complexity index is 1020. The van der Waals surface area contributed by atoms with Crippen LogP contribution in [0.2, 0.25) is 0 Å². The van der Waals surface area contributed by atoms with Crippen molar-refractivity contribution in [3.05, 3.63) is 34.4 Å². The summed E-state index contributed by atoms with van der Waals surface area (Å²) < 4.78 is 10.6. The van der Waals surface area contributed by atoms with Gasteiger partial charge in [0.1, 0.15) is 12.4 Å². The third-order valence-corrected chi connectivity index (χ3v) is 10.3. The van der Waals surface area contributed by atoms with Crippen molar-refractivity contribution in [1.82, 2.24) is 0 Å². The number of carbonyl (C=O) groups is 2. The standard InChI is InChI=1S/C26H35NO7/c1-23-8-5-19-20(26(23,32)11-7-18(23)16-2-3-21(29)33-14-16)6-10-25(31)12-17(34-22(30)13-27)4-9-24(19,25)15-28/h2-3,14-15,17-20,31-32H,4-13,27H2,1H3/p+1/t17-,18+,19-,20+,23+,24-,25-,26-/m0/s1. The minimum absolute atomic E-state index is 0.0378. The molecule has 1 heterocycles. The van der Waals surface area contributed by atoms with Gasteiger partial charge in [-0.25, -0.2) is 9.59 Å². The molecule has 4 aliphatic carbocycles. The number of ether oxygens (including phenoxy) is 1. The van der Waals surface area contributed by atoms with Crippen LogP contribution < -0.4 is 11.4 Å². The van der Waals surface area contributed by atoms with Gasteiger partial charge in [-0.3, -0.25) is 0 Å². The Morgan fingerprint density at radius 1 is 1.15 bits per heavy atom. The fourth-order valence-corrected chi connectivity index (χ4v) is 8.58. The van der Waals surface area contributed by atoms with E-state index in [1.54, 1.807) is 6.07 Å². The van der Waals surface area contributed by atoms with E-state index in [1.807, 2.05) is 0 Å². The average Bonchev–Trinajstić information content (AvgIpc) is 3.10. The fraction of sp³-hybridized carbons (Fsp3) is 0.731. The van der Waals surface area contributed by atoms with E-state index in [1.165, 1.54) is 12.3 Å². The van der Waals surface area contributed by atoms with Crippen LogP contribution in [0.15, 0.2) is 27.6 Å². The van der Waals surface area contributed by atoms with E-state index in [4.69, 9.17) is 9.15 Å². The molecule has 0 aliphatic heterocycles. The lowest BCUT2D eigenvalue weighted by Crippen LogP contribution is -2.68. The molecule has 5 rings (SSSR count). The van der Waals surface area contributed by atoms with Gasteiger partial charge in [-0.1, -0.05) is 6.92 Å². The maximum atomic E-state index is 12.8. The minimum Gasteiger partial charge on any atom is -0.458 e. The van der Waals surface area contributed by atoms with Crippen molar-refractivity contribution in [1.29, 1.82) is 0 Å². The first-order valence-corrected chi connectivity index (χ1v) is 12.6. The van der Waals surface area contributed by atoms with E-state index in [0.29, 0.717) is 32.1 Å². The second kappa shape index (κ2) is 8.00. The topological polar surface area (TPSA) is 142 Å². The van der Waals surface area contributed by atoms with Gasteiger partial charge in [-0.2, -0.15) is 0 Å². The third-order valence-electron chi connectivity index (χ3n) is 10.3. The molecule has 4 saturated carbocycles. The number of fused-ring (bicyclic) bond motifs is 5. The lowest BCUT2D eigenvalue weighted by molar-refractivity contribution is -0.361. The van der Waals surface area contributed by atoms with Crippen molar-refractivity contribution < 1.29 is 34.7 Å². The molecule has 0 bridgehead atoms. The Hall–Kier alpha value is -2.03. The summed E-state index contributed by atoms with van der Waals surface area (Å²) in [6, 6.07) is 3.24. The highest BCUT2D eigenvalue weighted by Crippen LogP contribution is 2.71. The van der Waals surface area contributed by atoms with E-state index in [0.717, 1.165) is 31.1 Å². The molecular formula is C26H36NO7+. The quantitative estimate of drug-likeness (QED) is 0.441. The molecule has 4 fully saturated rings. The number of aldehydes is 1. The van der Waals surface area contributed by atoms with Gasteiger partial charge in [-0.15, -0.1) is 0 Å². The molecule has 0 aromatic carbocycles. The van der Waals surface area contributed by atoms with Crippen LogP contribution in [0.1, 0.15) is 76.2 Å². The van der Waals surface area contributed by atoms with Crippen molar-refractivity contribution >= 4 is 12.3 Å². The number of aliphatic hydroxyl groups is 2. The summed E-state index contributed by atoms with van der Waals surface area (Å²) in [5.41, 5.74) is 0.547. The SMILES string of the molecule is C[C@]12CC[C@H]3[C@@H](CC[C@]4(O)C[C@@H](OC(=O)C[NH3+])CC[C@]34C=O)[C@@]1(O)CC[C@@H]2c1ccc(=O)oc1. The molecular weight excluding hydrogens is 438 g/mol. The highest BCUT2D eigenvalue weighted by molar-refractivity contribution is 5.70. The molecule has 186 valence electrons. The van der Waals surface area contributed by atoms with E-state index >= 15 is 0 Å². The van der Waals surface area contributed by atoms with Crippen molar-refractivity contribution in [3.63, 3.8) is 0 Å². The van der Waals surface area contributed by atoms with Crippen molar-refractivity contribution in [2.75, 3.05) is 6.54 Å². The minimum atomic E-state index is -1.24. The van der Waals surface area contributed by atoms with Gasteiger partial charge in [0, 0.05) is 17.9 Å². The first kappa shape index (κ1) is 23.7. The molecule has 0 amide bonds. The van der Waals surface area contributed by atoms with Crippen LogP contribution in [0.4, 0.5) is 0 Å². The maximum absolute atomic E-state index is 12.8. The Balaban J connectivity index is 1.45. The van der Waals surface area contributed by atoms with Gasteiger partial charge in [0.25, 0.3) is 0 Å². The van der Waals surface area contributed by atoms with Crippen molar-refractivity contribution in [2.45, 2.75) is 87.9 Å². The van der Waals surface area contributed by atoms with Gasteiger partial charge in [0.2, 0.25) is 0 Å². The van der Waals surface area contributed by atoms with Crippen molar-refractivity contribution in [2.24, 2.45) is 22.7 Å². The van der Waals surface area contributed by atoms with E-state index in [-0.39, 0.29) is 36.3 Å². The van der Waals surface area contributed by atoms with Crippen LogP contribution >= 0.6 is 0 Å². The van der Waals surface area contributed by atoms with E-state index in [9.17, 15) is 24.6 Å². The molecule has 1 aromatic heterocycles. The zero-order chi connectivity index (χ0) is 24.4. The molecule has 8 nitrogen and oxygen atoms in total. The molecule has 0 unspecified atom stereocenters. The number of quaternary nitrogens is 1. The third kappa shape index (κ3) is 3.11. The first-order chi connectivity index (χ1) is 16.1. The zero-order valence-corrected chi connectivity index (χ0v) is 19.8. The number of hydrogen-bond acceptors (Lipinski definition) is 7. The predicted octanol–water partition coefficient (Wildman–Crippen LogP) is 1.33. The van der Waals surface area contributed by atoms with Crippen LogP contribution in [0, 0.1) is 22.7 Å². The highest BCUT2D eigenvalue weighted by atomic mass is 16.5. The molecule has 34 heavy (non-hydrogen) atoms. The molecule has 8 atom stereocenters. The van der Waals surface area contributed by atoms with Crippen LogP contribution in [0.5, 0.6) is 0 Å². The van der Waals surface area contributed by atoms with Gasteiger partial charge in [0.15, 0.2) is 6.54 Å². The molecule has 1 aromatic rings. The fourth-order valence-electron chi connectivity index (χ4n) is 8.58. The summed E-state index contributed by atoms with van der Waals surface area (Å²) >= 11 is 0. The van der Waals surface area contributed by atoms with Gasteiger partial charge in [0.05, 0.1) is 22.9 Å². The normalized spacial score (nSPS) is 45.5. The number of hydrogen-bond donors (Lipinski definition) is 3. The molecule has 8 heteroatoms. The van der Waals surface area contributed by atoms with Crippen LogP contribution in [0.25, 0.3) is 0 Å². The number of rotatable bonds is 4. The van der Waals surface area contributed by atoms with Crippen LogP contribution in [-0.4, -0.2) is 46.3 Å². The molecule has 5 N–H and O–H groups in total. The largest absolute Gasteiger partial charge is 0.458 e. The molecule has 4 aliphatic rings. The first-order valence-electron chi connectivity index (χ1n) is 12.6. The predicted molar refractivity (Wildman–Crippen MR) is 120 cm³/mol. The molecule has 0 saturated heterocycles. The van der Waals surface area contributed by atoms with E-state index < -0.39 is 34.1 Å². The summed E-state index contributed by atoms with van der Waals surface area (Å²) in [6.07, 6.45) is 7.17. The van der Waals surface area contributed by atoms with E-state index in [2.05, 4.69) is 12.7 Å². The molecule has 0 spiro atoms. The highest BCUT2D eigenvalue weighted by Gasteiger charge is 2.71. The lowest BCUT2D eigenvalue weighted by Gasteiger charge is -2.65. The summed E-state index contributed by atoms with van der Waals surface area (Å²) in [5, 5.41) is 24.1. The summed E-state index contributed by atoms with van der Waals surface area (Å²) in [7, 11) is 0. The van der Waals surface area contributed by atoms with Crippen LogP contribution in [-0.2, 0) is 14.3 Å². The zero-order valence-electron chi connectivity index (χ0n) is 19.8. The number of carbonyl (C=O) groups excluding carboxylic acids is 2.